The van der Waals surface area contributed by atoms with E-state index in [1.807, 2.05) is 23.1 Å². The molecule has 2 aliphatic heterocycles. The van der Waals surface area contributed by atoms with E-state index in [0.717, 1.165) is 32.1 Å². The first-order valence-corrected chi connectivity index (χ1v) is 11.7. The molecule has 2 aromatic rings. The van der Waals surface area contributed by atoms with Gasteiger partial charge in [0.2, 0.25) is 0 Å². The van der Waals surface area contributed by atoms with Crippen molar-refractivity contribution in [3.05, 3.63) is 65.5 Å². The SMILES string of the molecule is O=C1NCCOCCCCC2(CCN(C(=O)c3ccc(F)cc3)CC2)COc2ccccc21. The molecule has 0 aliphatic carbocycles. The number of carbonyl (C=O) groups is 2. The van der Waals surface area contributed by atoms with Crippen molar-refractivity contribution >= 4 is 11.8 Å². The lowest BCUT2D eigenvalue weighted by molar-refractivity contribution is 0.0341. The van der Waals surface area contributed by atoms with Gasteiger partial charge in [-0.2, -0.15) is 0 Å². The van der Waals surface area contributed by atoms with Crippen LogP contribution in [0.4, 0.5) is 4.39 Å². The number of carbonyl (C=O) groups excluding carboxylic acids is 2. The molecule has 2 heterocycles. The molecule has 0 bridgehead atoms. The number of fused-ring (bicyclic) bond motifs is 1. The van der Waals surface area contributed by atoms with E-state index in [4.69, 9.17) is 9.47 Å². The number of rotatable bonds is 1. The van der Waals surface area contributed by atoms with Crippen molar-refractivity contribution in [1.29, 1.82) is 0 Å². The zero-order chi connectivity index (χ0) is 23.1. The number of para-hydroxylation sites is 1. The number of nitrogens with zero attached hydrogens (tertiary/aromatic N) is 1. The van der Waals surface area contributed by atoms with Gasteiger partial charge in [0, 0.05) is 37.2 Å². The number of halogens is 1. The van der Waals surface area contributed by atoms with E-state index in [-0.39, 0.29) is 23.0 Å². The molecule has 4 rings (SSSR count). The maximum Gasteiger partial charge on any atom is 0.255 e. The number of hydrogen-bond acceptors (Lipinski definition) is 4. The topological polar surface area (TPSA) is 67.9 Å². The minimum Gasteiger partial charge on any atom is -0.492 e. The highest BCUT2D eigenvalue weighted by atomic mass is 19.1. The van der Waals surface area contributed by atoms with Crippen LogP contribution in [0.5, 0.6) is 5.75 Å². The minimum absolute atomic E-state index is 0.0675. The molecular formula is C26H31FN2O4. The molecule has 0 saturated carbocycles. The van der Waals surface area contributed by atoms with Crippen LogP contribution < -0.4 is 10.1 Å². The molecular weight excluding hydrogens is 423 g/mol. The minimum atomic E-state index is -0.348. The Kier molecular flexibility index (Phi) is 7.60. The molecule has 7 heteroatoms. The van der Waals surface area contributed by atoms with Crippen LogP contribution in [0.15, 0.2) is 48.5 Å². The zero-order valence-corrected chi connectivity index (χ0v) is 18.9. The molecule has 1 N–H and O–H groups in total. The Morgan fingerprint density at radius 3 is 2.52 bits per heavy atom. The lowest BCUT2D eigenvalue weighted by Gasteiger charge is -2.42. The molecule has 1 saturated heterocycles. The van der Waals surface area contributed by atoms with Gasteiger partial charge in [-0.25, -0.2) is 4.39 Å². The van der Waals surface area contributed by atoms with Gasteiger partial charge in [0.1, 0.15) is 11.6 Å². The van der Waals surface area contributed by atoms with Crippen LogP contribution >= 0.6 is 0 Å². The second kappa shape index (κ2) is 10.8. The van der Waals surface area contributed by atoms with E-state index in [0.29, 0.717) is 56.3 Å². The van der Waals surface area contributed by atoms with Crippen molar-refractivity contribution in [1.82, 2.24) is 10.2 Å². The molecule has 2 amide bonds. The Balaban J connectivity index is 1.46. The molecule has 33 heavy (non-hydrogen) atoms. The Bertz CT molecular complexity index is 955. The molecule has 176 valence electrons. The molecule has 2 aliphatic rings. The predicted molar refractivity (Wildman–Crippen MR) is 123 cm³/mol. The van der Waals surface area contributed by atoms with Crippen molar-refractivity contribution in [3.8, 4) is 5.75 Å². The number of amides is 2. The van der Waals surface area contributed by atoms with Gasteiger partial charge in [0.25, 0.3) is 11.8 Å². The summed E-state index contributed by atoms with van der Waals surface area (Å²) in [5.74, 6) is -0.00163. The van der Waals surface area contributed by atoms with Crippen LogP contribution in [0.3, 0.4) is 0 Å². The Hall–Kier alpha value is -2.93. The van der Waals surface area contributed by atoms with E-state index >= 15 is 0 Å². The molecule has 0 atom stereocenters. The van der Waals surface area contributed by atoms with Crippen LogP contribution in [0, 0.1) is 11.2 Å². The van der Waals surface area contributed by atoms with Crippen molar-refractivity contribution in [3.63, 3.8) is 0 Å². The first-order chi connectivity index (χ1) is 16.1. The van der Waals surface area contributed by atoms with Crippen LogP contribution in [-0.2, 0) is 4.74 Å². The maximum atomic E-state index is 13.2. The monoisotopic (exact) mass is 454 g/mol. The van der Waals surface area contributed by atoms with Gasteiger partial charge in [-0.15, -0.1) is 0 Å². The fraction of sp³-hybridized carbons (Fsp3) is 0.462. The standard InChI is InChI=1S/C26H31FN2O4/c27-21-9-7-20(8-10-21)25(31)29-15-12-26(13-16-29)11-3-4-17-32-18-14-28-24(30)22-5-1-2-6-23(22)33-19-26/h1-2,5-10H,3-4,11-19H2,(H,28,30). The Labute approximate surface area is 194 Å². The largest absolute Gasteiger partial charge is 0.492 e. The summed E-state index contributed by atoms with van der Waals surface area (Å²) in [4.78, 5) is 27.3. The summed E-state index contributed by atoms with van der Waals surface area (Å²) in [7, 11) is 0. The summed E-state index contributed by atoms with van der Waals surface area (Å²) in [6.07, 6.45) is 4.57. The molecule has 1 spiro atoms. The fourth-order valence-corrected chi connectivity index (χ4v) is 4.57. The third-order valence-corrected chi connectivity index (χ3v) is 6.65. The van der Waals surface area contributed by atoms with Gasteiger partial charge in [0.05, 0.1) is 18.8 Å². The van der Waals surface area contributed by atoms with Gasteiger partial charge >= 0.3 is 0 Å². The van der Waals surface area contributed by atoms with E-state index in [9.17, 15) is 14.0 Å². The second-order valence-corrected chi connectivity index (χ2v) is 8.91. The second-order valence-electron chi connectivity index (χ2n) is 8.91. The zero-order valence-electron chi connectivity index (χ0n) is 18.9. The van der Waals surface area contributed by atoms with E-state index in [2.05, 4.69) is 5.32 Å². The summed E-state index contributed by atoms with van der Waals surface area (Å²) in [6, 6.07) is 13.0. The Morgan fingerprint density at radius 1 is 0.970 bits per heavy atom. The lowest BCUT2D eigenvalue weighted by atomic mass is 9.75. The van der Waals surface area contributed by atoms with Gasteiger partial charge in [-0.1, -0.05) is 18.6 Å². The van der Waals surface area contributed by atoms with Crippen molar-refractivity contribution < 1.29 is 23.5 Å². The summed E-state index contributed by atoms with van der Waals surface area (Å²) < 4.78 is 25.1. The number of likely N-dealkylation sites (tertiary alicyclic amines) is 1. The van der Waals surface area contributed by atoms with Gasteiger partial charge in [-0.05, 0) is 62.1 Å². The molecule has 1 fully saturated rings. The number of ether oxygens (including phenoxy) is 2. The quantitative estimate of drug-likeness (QED) is 0.706. The van der Waals surface area contributed by atoms with Gasteiger partial charge in [0.15, 0.2) is 0 Å². The average molecular weight is 455 g/mol. The highest BCUT2D eigenvalue weighted by Crippen LogP contribution is 2.38. The highest BCUT2D eigenvalue weighted by Gasteiger charge is 2.37. The first kappa shape index (κ1) is 23.2. The van der Waals surface area contributed by atoms with E-state index < -0.39 is 0 Å². The van der Waals surface area contributed by atoms with Crippen molar-refractivity contribution in [2.45, 2.75) is 32.1 Å². The summed E-state index contributed by atoms with van der Waals surface area (Å²) in [5, 5.41) is 2.89. The van der Waals surface area contributed by atoms with Crippen molar-refractivity contribution in [2.24, 2.45) is 5.41 Å². The number of hydrogen-bond donors (Lipinski definition) is 1. The van der Waals surface area contributed by atoms with Gasteiger partial charge in [-0.3, -0.25) is 9.59 Å². The number of piperidine rings is 1. The smallest absolute Gasteiger partial charge is 0.255 e. The maximum absolute atomic E-state index is 13.2. The summed E-state index contributed by atoms with van der Waals surface area (Å²) >= 11 is 0. The van der Waals surface area contributed by atoms with E-state index in [1.165, 1.54) is 24.3 Å². The average Bonchev–Trinajstić information content (AvgIpc) is 2.84. The Morgan fingerprint density at radius 2 is 1.73 bits per heavy atom. The number of nitrogens with one attached hydrogen (secondary N) is 1. The summed E-state index contributed by atoms with van der Waals surface area (Å²) in [6.45, 7) is 3.36. The molecule has 0 radical (unpaired) electrons. The van der Waals surface area contributed by atoms with E-state index in [1.54, 1.807) is 6.07 Å². The van der Waals surface area contributed by atoms with Crippen molar-refractivity contribution in [2.75, 3.05) is 39.5 Å². The number of benzene rings is 2. The van der Waals surface area contributed by atoms with Crippen LogP contribution in [0.2, 0.25) is 0 Å². The third kappa shape index (κ3) is 5.90. The third-order valence-electron chi connectivity index (χ3n) is 6.65. The first-order valence-electron chi connectivity index (χ1n) is 11.7. The van der Waals surface area contributed by atoms with Crippen LogP contribution in [-0.4, -0.2) is 56.2 Å². The van der Waals surface area contributed by atoms with Crippen LogP contribution in [0.25, 0.3) is 0 Å². The van der Waals surface area contributed by atoms with Crippen LogP contribution in [0.1, 0.15) is 52.8 Å². The highest BCUT2D eigenvalue weighted by molar-refractivity contribution is 5.97. The summed E-state index contributed by atoms with van der Waals surface area (Å²) in [5.41, 5.74) is 0.952. The predicted octanol–water partition coefficient (Wildman–Crippen LogP) is 4.06. The molecule has 0 unspecified atom stereocenters. The normalized spacial score (nSPS) is 19.7. The fourth-order valence-electron chi connectivity index (χ4n) is 4.57. The molecule has 0 aromatic heterocycles. The molecule has 6 nitrogen and oxygen atoms in total. The lowest BCUT2D eigenvalue weighted by Crippen LogP contribution is -2.45. The molecule has 2 aromatic carbocycles. The van der Waals surface area contributed by atoms with Gasteiger partial charge < -0.3 is 19.7 Å².